The van der Waals surface area contributed by atoms with Crippen LogP contribution < -0.4 is 5.32 Å². The van der Waals surface area contributed by atoms with Gasteiger partial charge < -0.3 is 10.2 Å². The molecule has 0 radical (unpaired) electrons. The molecule has 0 saturated heterocycles. The highest BCUT2D eigenvalue weighted by Crippen LogP contribution is 2.22. The van der Waals surface area contributed by atoms with Crippen LogP contribution in [0.2, 0.25) is 0 Å². The lowest BCUT2D eigenvalue weighted by Gasteiger charge is -2.25. The van der Waals surface area contributed by atoms with Gasteiger partial charge in [0, 0.05) is 36.5 Å². The third kappa shape index (κ3) is 5.82. The van der Waals surface area contributed by atoms with Crippen LogP contribution in [0.5, 0.6) is 0 Å². The zero-order chi connectivity index (χ0) is 15.2. The Morgan fingerprint density at radius 1 is 1.50 bits per heavy atom. The smallest absolute Gasteiger partial charge is 0.317 e. The summed E-state index contributed by atoms with van der Waals surface area (Å²) in [7, 11) is 1.81. The molecule has 1 aromatic rings. The maximum atomic E-state index is 12.1. The number of hydrogen-bond donors (Lipinski definition) is 1. The summed E-state index contributed by atoms with van der Waals surface area (Å²) in [5.74, 6) is 0.921. The zero-order valence-electron chi connectivity index (χ0n) is 13.0. The van der Waals surface area contributed by atoms with E-state index in [-0.39, 0.29) is 16.8 Å². The molecule has 0 aromatic carbocycles. The highest BCUT2D eigenvalue weighted by Gasteiger charge is 2.17. The van der Waals surface area contributed by atoms with Crippen molar-refractivity contribution >= 4 is 17.8 Å². The molecular weight excluding hydrogens is 270 g/mol. The minimum Gasteiger partial charge on any atom is -0.337 e. The predicted octanol–water partition coefficient (Wildman–Crippen LogP) is 3.32. The summed E-state index contributed by atoms with van der Waals surface area (Å²) in [5.41, 5.74) is 1.04. The van der Waals surface area contributed by atoms with E-state index in [0.717, 1.165) is 11.3 Å². The molecule has 112 valence electrons. The number of thioether (sulfide) groups is 1. The molecule has 1 atom stereocenters. The molecule has 0 fully saturated rings. The van der Waals surface area contributed by atoms with E-state index in [0.29, 0.717) is 6.54 Å². The van der Waals surface area contributed by atoms with E-state index in [2.05, 4.69) is 31.1 Å². The highest BCUT2D eigenvalue weighted by atomic mass is 32.2. The summed E-state index contributed by atoms with van der Waals surface area (Å²) in [6.45, 7) is 9.22. The van der Waals surface area contributed by atoms with Gasteiger partial charge in [-0.2, -0.15) is 11.8 Å². The first kappa shape index (κ1) is 16.8. The van der Waals surface area contributed by atoms with Crippen LogP contribution in [0.4, 0.5) is 4.79 Å². The van der Waals surface area contributed by atoms with Crippen molar-refractivity contribution in [2.75, 3.05) is 19.3 Å². The van der Waals surface area contributed by atoms with E-state index in [4.69, 9.17) is 0 Å². The summed E-state index contributed by atoms with van der Waals surface area (Å²) in [6, 6.07) is 3.84. The molecule has 0 aliphatic carbocycles. The first-order valence-corrected chi connectivity index (χ1v) is 7.84. The molecule has 2 amide bonds. The number of amides is 2. The van der Waals surface area contributed by atoms with Crippen molar-refractivity contribution in [2.24, 2.45) is 0 Å². The number of nitrogens with zero attached hydrogens (tertiary/aromatic N) is 2. The number of aromatic nitrogens is 1. The molecule has 1 rings (SSSR count). The normalized spacial score (nSPS) is 12.8. The molecule has 0 bridgehead atoms. The van der Waals surface area contributed by atoms with Crippen molar-refractivity contribution in [3.8, 4) is 0 Å². The lowest BCUT2D eigenvalue weighted by Crippen LogP contribution is -2.39. The average molecular weight is 295 g/mol. The van der Waals surface area contributed by atoms with Crippen LogP contribution in [0, 0.1) is 0 Å². The number of pyridine rings is 1. The highest BCUT2D eigenvalue weighted by molar-refractivity contribution is 8.00. The fraction of sp³-hybridized carbons (Fsp3) is 0.600. The molecule has 5 heteroatoms. The van der Waals surface area contributed by atoms with Gasteiger partial charge in [0.05, 0.1) is 6.04 Å². The quantitative estimate of drug-likeness (QED) is 0.848. The molecule has 20 heavy (non-hydrogen) atoms. The standard InChI is InChI=1S/C15H25N3OS/c1-12(13-7-6-8-16-11-13)18(5)14(19)17-9-10-20-15(2,3)4/h6-8,11-12H,9-10H2,1-5H3,(H,17,19). The molecule has 1 N–H and O–H groups in total. The third-order valence-electron chi connectivity index (χ3n) is 2.98. The number of nitrogens with one attached hydrogen (secondary N) is 1. The summed E-state index contributed by atoms with van der Waals surface area (Å²) < 4.78 is 0.236. The Morgan fingerprint density at radius 3 is 2.75 bits per heavy atom. The SMILES string of the molecule is CC(c1cccnc1)N(C)C(=O)NCCSC(C)(C)C. The van der Waals surface area contributed by atoms with E-state index in [1.807, 2.05) is 37.9 Å². The van der Waals surface area contributed by atoms with E-state index >= 15 is 0 Å². The Kier molecular flexibility index (Phi) is 6.33. The summed E-state index contributed by atoms with van der Waals surface area (Å²) in [5, 5.41) is 2.95. The minimum absolute atomic E-state index is 0.0129. The van der Waals surface area contributed by atoms with Crippen LogP contribution in [-0.2, 0) is 0 Å². The van der Waals surface area contributed by atoms with Gasteiger partial charge in [-0.1, -0.05) is 26.8 Å². The molecule has 0 spiro atoms. The molecule has 1 unspecified atom stereocenters. The predicted molar refractivity (Wildman–Crippen MR) is 86.0 cm³/mol. The Balaban J connectivity index is 2.39. The van der Waals surface area contributed by atoms with Crippen molar-refractivity contribution in [3.63, 3.8) is 0 Å². The maximum absolute atomic E-state index is 12.1. The van der Waals surface area contributed by atoms with Gasteiger partial charge >= 0.3 is 6.03 Å². The average Bonchev–Trinajstić information content (AvgIpc) is 2.41. The van der Waals surface area contributed by atoms with Crippen molar-refractivity contribution in [2.45, 2.75) is 38.5 Å². The van der Waals surface area contributed by atoms with Gasteiger partial charge in [-0.25, -0.2) is 4.79 Å². The van der Waals surface area contributed by atoms with Gasteiger partial charge in [-0.05, 0) is 18.6 Å². The van der Waals surface area contributed by atoms with E-state index in [1.165, 1.54) is 0 Å². The second-order valence-electron chi connectivity index (χ2n) is 5.77. The second-order valence-corrected chi connectivity index (χ2v) is 7.69. The lowest BCUT2D eigenvalue weighted by molar-refractivity contribution is 0.195. The number of carbonyl (C=O) groups is 1. The van der Waals surface area contributed by atoms with Crippen molar-refractivity contribution < 1.29 is 4.79 Å². The number of urea groups is 1. The van der Waals surface area contributed by atoms with Gasteiger partial charge in [-0.15, -0.1) is 0 Å². The first-order chi connectivity index (χ1) is 9.31. The lowest BCUT2D eigenvalue weighted by atomic mass is 10.1. The summed E-state index contributed by atoms with van der Waals surface area (Å²) in [6.07, 6.45) is 3.53. The number of carbonyl (C=O) groups excluding carboxylic acids is 1. The molecule has 4 nitrogen and oxygen atoms in total. The van der Waals surface area contributed by atoms with Crippen molar-refractivity contribution in [1.29, 1.82) is 0 Å². The topological polar surface area (TPSA) is 45.2 Å². The van der Waals surface area contributed by atoms with Crippen LogP contribution in [0.15, 0.2) is 24.5 Å². The number of hydrogen-bond acceptors (Lipinski definition) is 3. The van der Waals surface area contributed by atoms with Crippen LogP contribution in [0.3, 0.4) is 0 Å². The van der Waals surface area contributed by atoms with E-state index in [1.54, 1.807) is 17.3 Å². The molecule has 1 aromatic heterocycles. The largest absolute Gasteiger partial charge is 0.337 e. The molecule has 1 heterocycles. The van der Waals surface area contributed by atoms with E-state index < -0.39 is 0 Å². The molecule has 0 aliphatic heterocycles. The minimum atomic E-state index is -0.0455. The van der Waals surface area contributed by atoms with E-state index in [9.17, 15) is 4.79 Å². The Morgan fingerprint density at radius 2 is 2.20 bits per heavy atom. The van der Waals surface area contributed by atoms with Gasteiger partial charge in [0.15, 0.2) is 0 Å². The Hall–Kier alpha value is -1.23. The molecular formula is C15H25N3OS. The Bertz CT molecular complexity index is 417. The summed E-state index contributed by atoms with van der Waals surface area (Å²) >= 11 is 1.85. The van der Waals surface area contributed by atoms with Gasteiger partial charge in [-0.3, -0.25) is 4.98 Å². The van der Waals surface area contributed by atoms with Crippen molar-refractivity contribution in [3.05, 3.63) is 30.1 Å². The van der Waals surface area contributed by atoms with Crippen LogP contribution in [-0.4, -0.2) is 40.0 Å². The second kappa shape index (κ2) is 7.53. The monoisotopic (exact) mass is 295 g/mol. The fourth-order valence-electron chi connectivity index (χ4n) is 1.66. The molecule has 0 saturated carbocycles. The van der Waals surface area contributed by atoms with Crippen LogP contribution in [0.1, 0.15) is 39.3 Å². The zero-order valence-corrected chi connectivity index (χ0v) is 13.8. The summed E-state index contributed by atoms with van der Waals surface area (Å²) in [4.78, 5) is 17.9. The van der Waals surface area contributed by atoms with Gasteiger partial charge in [0.2, 0.25) is 0 Å². The maximum Gasteiger partial charge on any atom is 0.317 e. The number of rotatable bonds is 5. The Labute approximate surface area is 126 Å². The molecule has 0 aliphatic rings. The fourth-order valence-corrected chi connectivity index (χ4v) is 2.48. The first-order valence-electron chi connectivity index (χ1n) is 6.86. The van der Waals surface area contributed by atoms with Gasteiger partial charge in [0.1, 0.15) is 0 Å². The van der Waals surface area contributed by atoms with Crippen LogP contribution in [0.25, 0.3) is 0 Å². The van der Waals surface area contributed by atoms with Gasteiger partial charge in [0.25, 0.3) is 0 Å². The third-order valence-corrected chi connectivity index (χ3v) is 4.26. The van der Waals surface area contributed by atoms with Crippen molar-refractivity contribution in [1.82, 2.24) is 15.2 Å². The van der Waals surface area contributed by atoms with Crippen LogP contribution >= 0.6 is 11.8 Å².